The maximum absolute atomic E-state index is 5.71. The van der Waals surface area contributed by atoms with E-state index in [0.717, 1.165) is 39.5 Å². The largest absolute Gasteiger partial charge is 0.489 e. The molecule has 0 fully saturated rings. The lowest BCUT2D eigenvalue weighted by Crippen LogP contribution is -1.97. The Morgan fingerprint density at radius 1 is 1.26 bits per heavy atom. The number of aromatic nitrogens is 2. The van der Waals surface area contributed by atoms with Gasteiger partial charge in [-0.1, -0.05) is 6.58 Å². The molecule has 0 aliphatic heterocycles. The Bertz CT molecular complexity index is 847. The molecular weight excluding hydrogens is 286 g/mol. The van der Waals surface area contributed by atoms with Crippen molar-refractivity contribution in [2.24, 2.45) is 5.73 Å². The highest BCUT2D eigenvalue weighted by molar-refractivity contribution is 5.67. The van der Waals surface area contributed by atoms with Gasteiger partial charge < -0.3 is 14.9 Å². The van der Waals surface area contributed by atoms with E-state index in [2.05, 4.69) is 17.9 Å². The van der Waals surface area contributed by atoms with E-state index in [1.54, 1.807) is 0 Å². The van der Waals surface area contributed by atoms with Gasteiger partial charge in [0.2, 0.25) is 0 Å². The van der Waals surface area contributed by atoms with Crippen LogP contribution in [0.5, 0.6) is 5.75 Å². The SMILES string of the molecule is C=C(C)COc1ccc(-c2nc3cc(CN)ccn3c2C)cc1. The van der Waals surface area contributed by atoms with Crippen molar-refractivity contribution in [2.75, 3.05) is 6.61 Å². The molecule has 2 heterocycles. The summed E-state index contributed by atoms with van der Waals surface area (Å²) in [5.74, 6) is 0.837. The first kappa shape index (κ1) is 15.3. The lowest BCUT2D eigenvalue weighted by atomic mass is 10.1. The smallest absolute Gasteiger partial charge is 0.137 e. The molecule has 0 aliphatic rings. The molecule has 0 bridgehead atoms. The third-order valence-corrected chi connectivity index (χ3v) is 3.78. The third kappa shape index (κ3) is 3.12. The van der Waals surface area contributed by atoms with Crippen LogP contribution in [0.4, 0.5) is 0 Å². The first-order valence-corrected chi connectivity index (χ1v) is 7.64. The Kier molecular flexibility index (Phi) is 4.17. The van der Waals surface area contributed by atoms with Crippen LogP contribution in [0.1, 0.15) is 18.2 Å². The van der Waals surface area contributed by atoms with Crippen molar-refractivity contribution >= 4 is 5.65 Å². The molecule has 0 atom stereocenters. The fourth-order valence-electron chi connectivity index (χ4n) is 2.53. The van der Waals surface area contributed by atoms with Gasteiger partial charge in [-0.3, -0.25) is 0 Å². The minimum atomic E-state index is 0.520. The van der Waals surface area contributed by atoms with E-state index >= 15 is 0 Å². The van der Waals surface area contributed by atoms with Crippen molar-refractivity contribution in [1.29, 1.82) is 0 Å². The topological polar surface area (TPSA) is 52.5 Å². The summed E-state index contributed by atoms with van der Waals surface area (Å²) < 4.78 is 7.72. The van der Waals surface area contributed by atoms with Gasteiger partial charge in [-0.25, -0.2) is 4.98 Å². The Labute approximate surface area is 136 Å². The summed E-state index contributed by atoms with van der Waals surface area (Å²) in [5, 5.41) is 0. The highest BCUT2D eigenvalue weighted by atomic mass is 16.5. The molecule has 0 radical (unpaired) electrons. The molecule has 0 unspecified atom stereocenters. The number of nitrogens with zero attached hydrogens (tertiary/aromatic N) is 2. The summed E-state index contributed by atoms with van der Waals surface area (Å²) >= 11 is 0. The number of benzene rings is 1. The van der Waals surface area contributed by atoms with Gasteiger partial charge in [0.25, 0.3) is 0 Å². The van der Waals surface area contributed by atoms with Crippen LogP contribution in [-0.2, 0) is 6.54 Å². The maximum atomic E-state index is 5.71. The average molecular weight is 307 g/mol. The van der Waals surface area contributed by atoms with Crippen LogP contribution in [0.25, 0.3) is 16.9 Å². The minimum Gasteiger partial charge on any atom is -0.489 e. The van der Waals surface area contributed by atoms with Gasteiger partial charge in [0.05, 0.1) is 5.69 Å². The van der Waals surface area contributed by atoms with Crippen LogP contribution in [-0.4, -0.2) is 16.0 Å². The monoisotopic (exact) mass is 307 g/mol. The minimum absolute atomic E-state index is 0.520. The van der Waals surface area contributed by atoms with E-state index in [1.165, 1.54) is 0 Å². The normalized spacial score (nSPS) is 10.9. The number of fused-ring (bicyclic) bond motifs is 1. The van der Waals surface area contributed by atoms with E-state index in [0.29, 0.717) is 13.2 Å². The summed E-state index contributed by atoms with van der Waals surface area (Å²) in [5.41, 5.74) is 11.9. The van der Waals surface area contributed by atoms with Crippen molar-refractivity contribution in [1.82, 2.24) is 9.38 Å². The summed E-state index contributed by atoms with van der Waals surface area (Å²) in [4.78, 5) is 4.75. The van der Waals surface area contributed by atoms with Crippen LogP contribution in [0.3, 0.4) is 0 Å². The fourth-order valence-corrected chi connectivity index (χ4v) is 2.53. The summed E-state index contributed by atoms with van der Waals surface area (Å²) in [7, 11) is 0. The molecule has 23 heavy (non-hydrogen) atoms. The quantitative estimate of drug-likeness (QED) is 0.731. The zero-order chi connectivity index (χ0) is 16.4. The molecule has 3 aromatic rings. The number of nitrogens with two attached hydrogens (primary N) is 1. The second kappa shape index (κ2) is 6.26. The van der Waals surface area contributed by atoms with Crippen molar-refractivity contribution in [3.05, 3.63) is 66.0 Å². The number of ether oxygens (including phenoxy) is 1. The molecule has 0 aliphatic carbocycles. The lowest BCUT2D eigenvalue weighted by Gasteiger charge is -2.06. The van der Waals surface area contributed by atoms with Crippen molar-refractivity contribution < 1.29 is 4.74 Å². The van der Waals surface area contributed by atoms with Gasteiger partial charge in [-0.15, -0.1) is 0 Å². The van der Waals surface area contributed by atoms with Crippen LogP contribution < -0.4 is 10.5 Å². The average Bonchev–Trinajstić information content (AvgIpc) is 2.89. The van der Waals surface area contributed by atoms with Crippen LogP contribution in [0, 0.1) is 6.92 Å². The molecule has 4 nitrogen and oxygen atoms in total. The van der Waals surface area contributed by atoms with Gasteiger partial charge >= 0.3 is 0 Å². The van der Waals surface area contributed by atoms with Gasteiger partial charge in [-0.2, -0.15) is 0 Å². The van der Waals surface area contributed by atoms with Crippen LogP contribution in [0.2, 0.25) is 0 Å². The lowest BCUT2D eigenvalue weighted by molar-refractivity contribution is 0.353. The molecule has 0 spiro atoms. The third-order valence-electron chi connectivity index (χ3n) is 3.78. The van der Waals surface area contributed by atoms with Gasteiger partial charge in [0.1, 0.15) is 18.0 Å². The molecule has 118 valence electrons. The van der Waals surface area contributed by atoms with Gasteiger partial charge in [-0.05, 0) is 61.4 Å². The fraction of sp³-hybridized carbons (Fsp3) is 0.211. The summed E-state index contributed by atoms with van der Waals surface area (Å²) in [6, 6.07) is 12.1. The van der Waals surface area contributed by atoms with E-state index in [-0.39, 0.29) is 0 Å². The van der Waals surface area contributed by atoms with E-state index in [9.17, 15) is 0 Å². The van der Waals surface area contributed by atoms with Crippen LogP contribution in [0.15, 0.2) is 54.7 Å². The van der Waals surface area contributed by atoms with Crippen molar-refractivity contribution in [3.8, 4) is 17.0 Å². The van der Waals surface area contributed by atoms with E-state index in [1.807, 2.05) is 49.5 Å². The second-order valence-electron chi connectivity index (χ2n) is 5.78. The van der Waals surface area contributed by atoms with Gasteiger partial charge in [0.15, 0.2) is 0 Å². The van der Waals surface area contributed by atoms with Crippen molar-refractivity contribution in [2.45, 2.75) is 20.4 Å². The van der Waals surface area contributed by atoms with Crippen LogP contribution >= 0.6 is 0 Å². The molecule has 0 amide bonds. The predicted molar refractivity (Wildman–Crippen MR) is 93.6 cm³/mol. The Hall–Kier alpha value is -2.59. The zero-order valence-corrected chi connectivity index (χ0v) is 13.5. The number of rotatable bonds is 5. The van der Waals surface area contributed by atoms with Gasteiger partial charge in [0, 0.05) is 24.0 Å². The predicted octanol–water partition coefficient (Wildman–Crippen LogP) is 3.72. The first-order valence-electron chi connectivity index (χ1n) is 7.64. The Balaban J connectivity index is 1.93. The molecule has 2 N–H and O–H groups in total. The molecule has 1 aromatic carbocycles. The molecule has 0 saturated carbocycles. The molecular formula is C19H21N3O. The molecule has 4 heteroatoms. The zero-order valence-electron chi connectivity index (χ0n) is 13.5. The second-order valence-corrected chi connectivity index (χ2v) is 5.78. The Morgan fingerprint density at radius 3 is 2.65 bits per heavy atom. The highest BCUT2D eigenvalue weighted by Crippen LogP contribution is 2.26. The molecule has 0 saturated heterocycles. The number of imidazole rings is 1. The summed E-state index contributed by atoms with van der Waals surface area (Å²) in [6.45, 7) is 8.92. The van der Waals surface area contributed by atoms with E-state index in [4.69, 9.17) is 15.5 Å². The number of hydrogen-bond acceptors (Lipinski definition) is 3. The Morgan fingerprint density at radius 2 is 2.00 bits per heavy atom. The summed E-state index contributed by atoms with van der Waals surface area (Å²) in [6.07, 6.45) is 2.02. The van der Waals surface area contributed by atoms with Crippen molar-refractivity contribution in [3.63, 3.8) is 0 Å². The molecule has 3 rings (SSSR count). The standard InChI is InChI=1S/C19H21N3O/c1-13(2)12-23-17-6-4-16(5-7-17)19-14(3)22-9-8-15(11-20)10-18(22)21-19/h4-10H,1,11-12,20H2,2-3H3. The first-order chi connectivity index (χ1) is 11.1. The number of aryl methyl sites for hydroxylation is 1. The highest BCUT2D eigenvalue weighted by Gasteiger charge is 2.10. The number of pyridine rings is 1. The maximum Gasteiger partial charge on any atom is 0.137 e. The molecule has 2 aromatic heterocycles. The number of hydrogen-bond donors (Lipinski definition) is 1. The van der Waals surface area contributed by atoms with E-state index < -0.39 is 0 Å².